The second kappa shape index (κ2) is 6.81. The number of rotatable bonds is 4. The van der Waals surface area contributed by atoms with Crippen molar-refractivity contribution in [1.29, 1.82) is 0 Å². The van der Waals surface area contributed by atoms with E-state index in [-0.39, 0.29) is 23.9 Å². The number of halogens is 1. The first-order chi connectivity index (χ1) is 12.3. The Morgan fingerprint density at radius 3 is 2.50 bits per heavy atom. The molecule has 0 radical (unpaired) electrons. The summed E-state index contributed by atoms with van der Waals surface area (Å²) in [6.07, 6.45) is 5.53. The van der Waals surface area contributed by atoms with Crippen molar-refractivity contribution in [3.8, 4) is 0 Å². The minimum absolute atomic E-state index is 0.0773. The van der Waals surface area contributed by atoms with Crippen LogP contribution in [-0.2, 0) is 20.4 Å². The quantitative estimate of drug-likeness (QED) is 0.801. The number of piperidine rings is 1. The zero-order valence-electron chi connectivity index (χ0n) is 14.7. The van der Waals surface area contributed by atoms with Crippen molar-refractivity contribution >= 4 is 15.9 Å². The highest BCUT2D eigenvalue weighted by molar-refractivity contribution is 7.89. The third kappa shape index (κ3) is 3.12. The molecule has 1 fully saturated rings. The number of amides is 1. The van der Waals surface area contributed by atoms with Gasteiger partial charge in [0, 0.05) is 39.6 Å². The van der Waals surface area contributed by atoms with Crippen LogP contribution >= 0.6 is 0 Å². The van der Waals surface area contributed by atoms with Crippen LogP contribution in [0.2, 0.25) is 0 Å². The maximum absolute atomic E-state index is 13.4. The summed E-state index contributed by atoms with van der Waals surface area (Å²) in [5, 5.41) is 0. The van der Waals surface area contributed by atoms with E-state index in [9.17, 15) is 17.6 Å². The summed E-state index contributed by atoms with van der Waals surface area (Å²) in [4.78, 5) is 18.3. The van der Waals surface area contributed by atoms with E-state index < -0.39 is 21.4 Å². The van der Waals surface area contributed by atoms with Crippen LogP contribution in [-0.4, -0.2) is 60.3 Å². The average molecular weight is 380 g/mol. The molecule has 1 aromatic carbocycles. The highest BCUT2D eigenvalue weighted by Crippen LogP contribution is 2.34. The molecule has 0 bridgehead atoms. The third-order valence-corrected chi connectivity index (χ3v) is 6.68. The largest absolute Gasteiger partial charge is 0.347 e. The molecule has 1 aromatic heterocycles. The molecule has 7 nitrogen and oxygen atoms in total. The van der Waals surface area contributed by atoms with Crippen LogP contribution < -0.4 is 0 Å². The van der Waals surface area contributed by atoms with Gasteiger partial charge in [0.05, 0.1) is 11.2 Å². The molecule has 0 spiro atoms. The molecule has 0 unspecified atom stereocenters. The van der Waals surface area contributed by atoms with E-state index in [2.05, 4.69) is 4.98 Å². The smallest absolute Gasteiger partial charge is 0.248 e. The lowest BCUT2D eigenvalue weighted by Crippen LogP contribution is -2.55. The van der Waals surface area contributed by atoms with Gasteiger partial charge in [0.25, 0.3) is 0 Å². The molecule has 26 heavy (non-hydrogen) atoms. The zero-order chi connectivity index (χ0) is 18.9. The van der Waals surface area contributed by atoms with Crippen molar-refractivity contribution in [2.75, 3.05) is 27.2 Å². The van der Waals surface area contributed by atoms with Crippen molar-refractivity contribution in [1.82, 2.24) is 18.8 Å². The van der Waals surface area contributed by atoms with E-state index in [1.54, 1.807) is 37.4 Å². The number of hydrogen-bond acceptors (Lipinski definition) is 4. The predicted molar refractivity (Wildman–Crippen MR) is 93.3 cm³/mol. The number of sulfonamides is 1. The number of likely N-dealkylation sites (N-methyl/N-ethyl adjacent to an activating group) is 1. The maximum Gasteiger partial charge on any atom is 0.248 e. The van der Waals surface area contributed by atoms with E-state index in [1.807, 2.05) is 0 Å². The summed E-state index contributed by atoms with van der Waals surface area (Å²) in [6.45, 7) is 0.327. The van der Waals surface area contributed by atoms with Crippen molar-refractivity contribution < 1.29 is 17.6 Å². The molecule has 0 saturated carbocycles. The van der Waals surface area contributed by atoms with Crippen LogP contribution in [0.4, 0.5) is 4.39 Å². The Morgan fingerprint density at radius 1 is 1.27 bits per heavy atom. The first-order valence-corrected chi connectivity index (χ1v) is 9.67. The molecule has 1 aliphatic heterocycles. The van der Waals surface area contributed by atoms with Gasteiger partial charge in [0.1, 0.15) is 11.4 Å². The first kappa shape index (κ1) is 18.5. The van der Waals surface area contributed by atoms with E-state index >= 15 is 0 Å². The Labute approximate surface area is 152 Å². The highest BCUT2D eigenvalue weighted by Gasteiger charge is 2.46. The van der Waals surface area contributed by atoms with E-state index in [0.717, 1.165) is 6.07 Å². The lowest BCUT2D eigenvalue weighted by molar-refractivity contribution is -0.140. The number of aromatic nitrogens is 2. The van der Waals surface area contributed by atoms with Gasteiger partial charge in [0.2, 0.25) is 15.9 Å². The molecule has 2 heterocycles. The van der Waals surface area contributed by atoms with Gasteiger partial charge in [-0.1, -0.05) is 6.07 Å². The molecular formula is C17H21FN4O3S. The lowest BCUT2D eigenvalue weighted by Gasteiger charge is -2.42. The molecule has 2 aromatic rings. The number of imidazole rings is 1. The van der Waals surface area contributed by atoms with Crippen LogP contribution in [0.15, 0.2) is 47.9 Å². The fraction of sp³-hybridized carbons (Fsp3) is 0.412. The molecule has 0 atom stereocenters. The Bertz CT molecular complexity index is 888. The highest BCUT2D eigenvalue weighted by atomic mass is 32.2. The summed E-state index contributed by atoms with van der Waals surface area (Å²) in [5.41, 5.74) is -0.867. The van der Waals surface area contributed by atoms with Crippen molar-refractivity contribution in [2.45, 2.75) is 23.3 Å². The molecule has 3 rings (SSSR count). The number of hydrogen-bond donors (Lipinski definition) is 0. The summed E-state index contributed by atoms with van der Waals surface area (Å²) in [7, 11) is -0.451. The van der Waals surface area contributed by atoms with E-state index in [0.29, 0.717) is 12.8 Å². The average Bonchev–Trinajstić information content (AvgIpc) is 3.16. The summed E-state index contributed by atoms with van der Waals surface area (Å²) >= 11 is 0. The number of benzene rings is 1. The predicted octanol–water partition coefficient (Wildman–Crippen LogP) is 1.29. The van der Waals surface area contributed by atoms with Crippen LogP contribution in [0.1, 0.15) is 12.8 Å². The van der Waals surface area contributed by atoms with Crippen LogP contribution in [0.3, 0.4) is 0 Å². The maximum atomic E-state index is 13.4. The summed E-state index contributed by atoms with van der Waals surface area (Å²) in [6, 6.07) is 4.96. The first-order valence-electron chi connectivity index (χ1n) is 8.23. The molecule has 1 aliphatic rings. The Morgan fingerprint density at radius 2 is 1.96 bits per heavy atom. The zero-order valence-corrected chi connectivity index (χ0v) is 15.5. The third-order valence-electron chi connectivity index (χ3n) is 4.79. The van der Waals surface area contributed by atoms with Gasteiger partial charge >= 0.3 is 0 Å². The molecular weight excluding hydrogens is 359 g/mol. The van der Waals surface area contributed by atoms with Gasteiger partial charge < -0.3 is 9.47 Å². The van der Waals surface area contributed by atoms with Crippen molar-refractivity contribution in [2.24, 2.45) is 0 Å². The normalized spacial score (nSPS) is 17.8. The fourth-order valence-corrected chi connectivity index (χ4v) is 4.86. The van der Waals surface area contributed by atoms with Gasteiger partial charge in [-0.2, -0.15) is 4.31 Å². The molecule has 0 aliphatic carbocycles. The topological polar surface area (TPSA) is 75.5 Å². The summed E-state index contributed by atoms with van der Waals surface area (Å²) in [5.74, 6) is -0.697. The minimum atomic E-state index is -3.81. The van der Waals surface area contributed by atoms with Gasteiger partial charge in [-0.25, -0.2) is 17.8 Å². The lowest BCUT2D eigenvalue weighted by atomic mass is 9.86. The Kier molecular flexibility index (Phi) is 4.85. The molecule has 140 valence electrons. The Hall–Kier alpha value is -2.26. The fourth-order valence-electron chi connectivity index (χ4n) is 3.38. The van der Waals surface area contributed by atoms with Crippen molar-refractivity contribution in [3.63, 3.8) is 0 Å². The molecule has 9 heteroatoms. The number of carbonyl (C=O) groups is 1. The number of carbonyl (C=O) groups excluding carboxylic acids is 1. The molecule has 0 N–H and O–H groups in total. The monoisotopic (exact) mass is 380 g/mol. The SMILES string of the molecule is CN(C)C(=O)C1(n2ccnc2)CCN(S(=O)(=O)c2cccc(F)c2)CC1. The Balaban J connectivity index is 1.88. The second-order valence-corrected chi connectivity index (χ2v) is 8.50. The summed E-state index contributed by atoms with van der Waals surface area (Å²) < 4.78 is 42.1. The van der Waals surface area contributed by atoms with Crippen LogP contribution in [0.25, 0.3) is 0 Å². The van der Waals surface area contributed by atoms with E-state index in [4.69, 9.17) is 0 Å². The standard InChI is InChI=1S/C17H21FN4O3S/c1-20(2)16(23)17(21-11-8-19-13-21)6-9-22(10-7-17)26(24,25)15-5-3-4-14(18)12-15/h3-5,8,11-13H,6-7,9-10H2,1-2H3. The second-order valence-electron chi connectivity index (χ2n) is 6.56. The van der Waals surface area contributed by atoms with E-state index in [1.165, 1.54) is 27.4 Å². The van der Waals surface area contributed by atoms with Crippen molar-refractivity contribution in [3.05, 3.63) is 48.8 Å². The minimum Gasteiger partial charge on any atom is -0.347 e. The van der Waals surface area contributed by atoms with Gasteiger partial charge in [-0.05, 0) is 31.0 Å². The molecule has 1 saturated heterocycles. The van der Waals surface area contributed by atoms with Gasteiger partial charge in [0.15, 0.2) is 0 Å². The van der Waals surface area contributed by atoms with Gasteiger partial charge in [-0.3, -0.25) is 4.79 Å². The van der Waals surface area contributed by atoms with Crippen LogP contribution in [0.5, 0.6) is 0 Å². The molecule has 1 amide bonds. The van der Waals surface area contributed by atoms with Crippen LogP contribution in [0, 0.1) is 5.82 Å². The number of nitrogens with zero attached hydrogens (tertiary/aromatic N) is 4. The van der Waals surface area contributed by atoms with Gasteiger partial charge in [-0.15, -0.1) is 0 Å².